The minimum absolute atomic E-state index is 0.149. The fourth-order valence-corrected chi connectivity index (χ4v) is 5.22. The Morgan fingerprint density at radius 2 is 1.91 bits per heavy atom. The van der Waals surface area contributed by atoms with E-state index in [1.165, 1.54) is 17.7 Å². The van der Waals surface area contributed by atoms with Crippen LogP contribution >= 0.6 is 11.3 Å². The zero-order valence-electron chi connectivity index (χ0n) is 18.1. The maximum Gasteiger partial charge on any atom is 0.261 e. The van der Waals surface area contributed by atoms with Gasteiger partial charge in [0.25, 0.3) is 11.8 Å². The van der Waals surface area contributed by atoms with Gasteiger partial charge in [-0.15, -0.1) is 11.3 Å². The largest absolute Gasteiger partial charge is 0.347 e. The summed E-state index contributed by atoms with van der Waals surface area (Å²) >= 11 is 1.44. The maximum atomic E-state index is 14.0. The van der Waals surface area contributed by atoms with Crippen molar-refractivity contribution in [3.63, 3.8) is 0 Å². The molecule has 7 nitrogen and oxygen atoms in total. The summed E-state index contributed by atoms with van der Waals surface area (Å²) in [5, 5.41) is 7.03. The Bertz CT molecular complexity index is 1360. The highest BCUT2D eigenvalue weighted by molar-refractivity contribution is 7.14. The Balaban J connectivity index is 1.17. The minimum atomic E-state index is -0.719. The van der Waals surface area contributed by atoms with Gasteiger partial charge in [0, 0.05) is 30.7 Å². The number of thiophene rings is 1. The van der Waals surface area contributed by atoms with E-state index in [9.17, 15) is 18.4 Å². The molecule has 1 saturated heterocycles. The molecule has 1 N–H and O–H groups in total. The zero-order valence-corrected chi connectivity index (χ0v) is 18.9. The van der Waals surface area contributed by atoms with Crippen LogP contribution in [0.25, 0.3) is 5.65 Å². The Morgan fingerprint density at radius 3 is 2.74 bits per heavy atom. The summed E-state index contributed by atoms with van der Waals surface area (Å²) in [5.74, 6) is -1.79. The van der Waals surface area contributed by atoms with Crippen LogP contribution in [0, 0.1) is 11.6 Å². The summed E-state index contributed by atoms with van der Waals surface area (Å²) in [6.07, 6.45) is 4.70. The Morgan fingerprint density at radius 1 is 1.09 bits per heavy atom. The number of hydrogen-bond acceptors (Lipinski definition) is 5. The van der Waals surface area contributed by atoms with Gasteiger partial charge in [0.2, 0.25) is 0 Å². The molecule has 4 aromatic rings. The number of rotatable bonds is 5. The SMILES string of the molecule is O=C(NCc1ccc2ncnn2c1)c1ccc(C2CCN(C(=O)c3cc(F)ccc3F)CC2)s1. The van der Waals surface area contributed by atoms with Gasteiger partial charge in [0.15, 0.2) is 5.65 Å². The lowest BCUT2D eigenvalue weighted by atomic mass is 9.95. The number of halogens is 2. The molecule has 34 heavy (non-hydrogen) atoms. The molecular formula is C24H21F2N5O2S. The van der Waals surface area contributed by atoms with Crippen molar-refractivity contribution < 1.29 is 18.4 Å². The summed E-state index contributed by atoms with van der Waals surface area (Å²) in [4.78, 5) is 32.6. The van der Waals surface area contributed by atoms with Gasteiger partial charge in [-0.3, -0.25) is 9.59 Å². The highest BCUT2D eigenvalue weighted by Crippen LogP contribution is 2.33. The van der Waals surface area contributed by atoms with Crippen LogP contribution in [0.3, 0.4) is 0 Å². The summed E-state index contributed by atoms with van der Waals surface area (Å²) < 4.78 is 29.1. The summed E-state index contributed by atoms with van der Waals surface area (Å²) in [5.41, 5.74) is 1.41. The predicted molar refractivity (Wildman–Crippen MR) is 123 cm³/mol. The van der Waals surface area contributed by atoms with Crippen molar-refractivity contribution in [2.24, 2.45) is 0 Å². The van der Waals surface area contributed by atoms with Crippen molar-refractivity contribution >= 4 is 28.8 Å². The third kappa shape index (κ3) is 4.54. The lowest BCUT2D eigenvalue weighted by molar-refractivity contribution is 0.0708. The van der Waals surface area contributed by atoms with Crippen molar-refractivity contribution in [1.82, 2.24) is 24.8 Å². The van der Waals surface area contributed by atoms with Crippen LogP contribution in [0.15, 0.2) is 55.0 Å². The van der Waals surface area contributed by atoms with Gasteiger partial charge in [-0.25, -0.2) is 18.3 Å². The van der Waals surface area contributed by atoms with E-state index in [2.05, 4.69) is 15.4 Å². The molecule has 3 aromatic heterocycles. The first-order valence-corrected chi connectivity index (χ1v) is 11.7. The molecule has 0 saturated carbocycles. The van der Waals surface area contributed by atoms with E-state index >= 15 is 0 Å². The van der Waals surface area contributed by atoms with Gasteiger partial charge >= 0.3 is 0 Å². The Labute approximate surface area is 198 Å². The summed E-state index contributed by atoms with van der Waals surface area (Å²) in [6, 6.07) is 10.4. The standard InChI is InChI=1S/C24H21F2N5O2S/c25-17-2-3-19(26)18(11-17)24(33)30-9-7-16(8-10-30)20-4-5-21(34-20)23(32)27-12-15-1-6-22-28-14-29-31(22)13-15/h1-6,11,13-14,16H,7-10,12H2,(H,27,32). The van der Waals surface area contributed by atoms with Gasteiger partial charge in [-0.2, -0.15) is 5.10 Å². The number of carbonyl (C=O) groups excluding carboxylic acids is 2. The number of pyridine rings is 1. The topological polar surface area (TPSA) is 79.6 Å². The number of fused-ring (bicyclic) bond motifs is 1. The number of carbonyl (C=O) groups is 2. The molecule has 0 radical (unpaired) electrons. The molecule has 5 rings (SSSR count). The van der Waals surface area contributed by atoms with Crippen molar-refractivity contribution in [2.45, 2.75) is 25.3 Å². The fourth-order valence-electron chi connectivity index (χ4n) is 4.13. The smallest absolute Gasteiger partial charge is 0.261 e. The Hall–Kier alpha value is -3.66. The van der Waals surface area contributed by atoms with Gasteiger partial charge in [0.05, 0.1) is 10.4 Å². The van der Waals surface area contributed by atoms with Crippen LogP contribution in [0.5, 0.6) is 0 Å². The van der Waals surface area contributed by atoms with Crippen LogP contribution < -0.4 is 5.32 Å². The van der Waals surface area contributed by atoms with Crippen LogP contribution in [0.1, 0.15) is 49.2 Å². The van der Waals surface area contributed by atoms with E-state index in [-0.39, 0.29) is 17.4 Å². The van der Waals surface area contributed by atoms with E-state index in [0.717, 1.165) is 34.3 Å². The quantitative estimate of drug-likeness (QED) is 0.467. The number of likely N-dealkylation sites (tertiary alicyclic amines) is 1. The highest BCUT2D eigenvalue weighted by atomic mass is 32.1. The molecule has 0 aliphatic carbocycles. The number of piperidine rings is 1. The van der Waals surface area contributed by atoms with E-state index < -0.39 is 17.5 Å². The molecule has 174 valence electrons. The van der Waals surface area contributed by atoms with Gasteiger partial charge in [0.1, 0.15) is 18.0 Å². The van der Waals surface area contributed by atoms with E-state index in [1.54, 1.807) is 9.42 Å². The van der Waals surface area contributed by atoms with Crippen LogP contribution in [-0.4, -0.2) is 44.4 Å². The molecule has 1 fully saturated rings. The first-order chi connectivity index (χ1) is 16.5. The number of nitrogens with zero attached hydrogens (tertiary/aromatic N) is 4. The van der Waals surface area contributed by atoms with Crippen LogP contribution in [-0.2, 0) is 6.54 Å². The molecule has 10 heteroatoms. The highest BCUT2D eigenvalue weighted by Gasteiger charge is 2.27. The van der Waals surface area contributed by atoms with Gasteiger partial charge in [-0.05, 0) is 60.7 Å². The molecule has 1 aliphatic heterocycles. The second-order valence-corrected chi connectivity index (χ2v) is 9.29. The summed E-state index contributed by atoms with van der Waals surface area (Å²) in [7, 11) is 0. The van der Waals surface area contributed by atoms with Crippen LogP contribution in [0.4, 0.5) is 8.78 Å². The van der Waals surface area contributed by atoms with E-state index in [0.29, 0.717) is 37.4 Å². The summed E-state index contributed by atoms with van der Waals surface area (Å²) in [6.45, 7) is 1.27. The van der Waals surface area contributed by atoms with Gasteiger partial charge in [-0.1, -0.05) is 6.07 Å². The van der Waals surface area contributed by atoms with Crippen molar-refractivity contribution in [1.29, 1.82) is 0 Å². The van der Waals surface area contributed by atoms with E-state index in [4.69, 9.17) is 0 Å². The van der Waals surface area contributed by atoms with Gasteiger partial charge < -0.3 is 10.2 Å². The molecule has 0 unspecified atom stereocenters. The number of hydrogen-bond donors (Lipinski definition) is 1. The van der Waals surface area contributed by atoms with E-state index in [1.807, 2.05) is 30.5 Å². The lowest BCUT2D eigenvalue weighted by Gasteiger charge is -2.31. The minimum Gasteiger partial charge on any atom is -0.347 e. The van der Waals surface area contributed by atoms with Crippen molar-refractivity contribution in [2.75, 3.05) is 13.1 Å². The molecule has 0 atom stereocenters. The zero-order chi connectivity index (χ0) is 23.7. The molecule has 2 amide bonds. The number of amides is 2. The Kier molecular flexibility index (Phi) is 6.06. The second-order valence-electron chi connectivity index (χ2n) is 8.18. The number of aromatic nitrogens is 3. The maximum absolute atomic E-state index is 14.0. The molecule has 0 bridgehead atoms. The average molecular weight is 482 g/mol. The third-order valence-electron chi connectivity index (χ3n) is 5.98. The normalized spacial score (nSPS) is 14.5. The molecule has 0 spiro atoms. The number of benzene rings is 1. The third-order valence-corrected chi connectivity index (χ3v) is 7.23. The van der Waals surface area contributed by atoms with Crippen molar-refractivity contribution in [3.05, 3.63) is 87.5 Å². The number of nitrogens with one attached hydrogen (secondary N) is 1. The molecule has 1 aromatic carbocycles. The predicted octanol–water partition coefficient (Wildman–Crippen LogP) is 4.02. The monoisotopic (exact) mass is 481 g/mol. The van der Waals surface area contributed by atoms with Crippen LogP contribution in [0.2, 0.25) is 0 Å². The molecule has 1 aliphatic rings. The first-order valence-electron chi connectivity index (χ1n) is 10.9. The molecule has 4 heterocycles. The average Bonchev–Trinajstić information content (AvgIpc) is 3.53. The molecular weight excluding hydrogens is 460 g/mol. The lowest BCUT2D eigenvalue weighted by Crippen LogP contribution is -2.38. The van der Waals surface area contributed by atoms with Crippen molar-refractivity contribution in [3.8, 4) is 0 Å². The fraction of sp³-hybridized carbons (Fsp3) is 0.250. The second kappa shape index (κ2) is 9.30. The first kappa shape index (κ1) is 22.1.